The first-order chi connectivity index (χ1) is 6.93. The maximum absolute atomic E-state index is 12.4. The summed E-state index contributed by atoms with van der Waals surface area (Å²) in [4.78, 5) is 0. The van der Waals surface area contributed by atoms with E-state index in [2.05, 4.69) is 4.74 Å². The fraction of sp³-hybridized carbons (Fsp3) is 1.00. The Morgan fingerprint density at radius 2 is 2.07 bits per heavy atom. The van der Waals surface area contributed by atoms with Crippen LogP contribution in [0, 0.1) is 0 Å². The molecule has 2 atom stereocenters. The maximum Gasteiger partial charge on any atom is 0.403 e. The number of rotatable bonds is 7. The Morgan fingerprint density at radius 1 is 1.47 bits per heavy atom. The molecule has 0 saturated heterocycles. The highest BCUT2D eigenvalue weighted by molar-refractivity contribution is 7.85. The normalized spacial score (nSPS) is 16.3. The van der Waals surface area contributed by atoms with Gasteiger partial charge in [0.05, 0.1) is 0 Å². The summed E-state index contributed by atoms with van der Waals surface area (Å²) in [7, 11) is -0.465. The van der Waals surface area contributed by atoms with Crippen molar-refractivity contribution in [1.29, 1.82) is 0 Å². The molecule has 0 heterocycles. The van der Waals surface area contributed by atoms with Crippen molar-refractivity contribution < 1.29 is 22.1 Å². The smallest absolute Gasteiger partial charge is 0.385 e. The molecule has 0 aliphatic carbocycles. The lowest BCUT2D eigenvalue weighted by atomic mass is 10.3. The van der Waals surface area contributed by atoms with Crippen LogP contribution in [0.15, 0.2) is 0 Å². The molecule has 0 aromatic rings. The topological polar surface area (TPSA) is 52.3 Å². The minimum atomic E-state index is -4.43. The molecule has 0 bridgehead atoms. The highest BCUT2D eigenvalue weighted by Gasteiger charge is 2.42. The predicted octanol–water partition coefficient (Wildman–Crippen LogP) is 1.05. The minimum Gasteiger partial charge on any atom is -0.385 e. The van der Waals surface area contributed by atoms with Crippen LogP contribution in [0.25, 0.3) is 0 Å². The van der Waals surface area contributed by atoms with Gasteiger partial charge in [-0.15, -0.1) is 0 Å². The SMILES string of the molecule is COCCCS(=O)C(CCN)C(F)(F)F. The van der Waals surface area contributed by atoms with Crippen molar-refractivity contribution in [2.24, 2.45) is 5.73 Å². The Bertz CT molecular complexity index is 199. The molecule has 92 valence electrons. The van der Waals surface area contributed by atoms with E-state index in [1.807, 2.05) is 0 Å². The number of hydrogen-bond acceptors (Lipinski definition) is 3. The van der Waals surface area contributed by atoms with E-state index in [-0.39, 0.29) is 18.7 Å². The largest absolute Gasteiger partial charge is 0.403 e. The van der Waals surface area contributed by atoms with Gasteiger partial charge in [-0.1, -0.05) is 0 Å². The van der Waals surface area contributed by atoms with Crippen LogP contribution in [0.5, 0.6) is 0 Å². The number of ether oxygens (including phenoxy) is 1. The molecule has 2 unspecified atom stereocenters. The molecule has 7 heteroatoms. The zero-order valence-corrected chi connectivity index (χ0v) is 9.37. The molecule has 0 aromatic carbocycles. The number of methoxy groups -OCH3 is 1. The summed E-state index contributed by atoms with van der Waals surface area (Å²) in [6.45, 7) is 0.207. The first-order valence-electron chi connectivity index (χ1n) is 4.56. The molecule has 0 radical (unpaired) electrons. The maximum atomic E-state index is 12.4. The Hall–Kier alpha value is -0.140. The third-order valence-corrected chi connectivity index (χ3v) is 3.63. The number of halogens is 3. The number of hydrogen-bond donors (Lipinski definition) is 1. The van der Waals surface area contributed by atoms with Crippen LogP contribution in [0.4, 0.5) is 13.2 Å². The monoisotopic (exact) mass is 247 g/mol. The van der Waals surface area contributed by atoms with E-state index >= 15 is 0 Å². The van der Waals surface area contributed by atoms with Gasteiger partial charge in [0, 0.05) is 30.3 Å². The molecule has 0 spiro atoms. The molecule has 3 nitrogen and oxygen atoms in total. The predicted molar refractivity (Wildman–Crippen MR) is 53.0 cm³/mol. The zero-order chi connectivity index (χ0) is 11.9. The number of nitrogens with two attached hydrogens (primary N) is 1. The zero-order valence-electron chi connectivity index (χ0n) is 8.55. The fourth-order valence-corrected chi connectivity index (χ4v) is 2.47. The van der Waals surface area contributed by atoms with Gasteiger partial charge < -0.3 is 10.5 Å². The lowest BCUT2D eigenvalue weighted by Gasteiger charge is -2.18. The first kappa shape index (κ1) is 14.9. The van der Waals surface area contributed by atoms with Gasteiger partial charge in [0.1, 0.15) is 5.25 Å². The summed E-state index contributed by atoms with van der Waals surface area (Å²) in [6.07, 6.45) is -4.36. The van der Waals surface area contributed by atoms with Crippen molar-refractivity contribution in [2.75, 3.05) is 26.0 Å². The molecule has 15 heavy (non-hydrogen) atoms. The van der Waals surface area contributed by atoms with E-state index in [1.165, 1.54) is 7.11 Å². The van der Waals surface area contributed by atoms with E-state index in [0.29, 0.717) is 13.0 Å². The third-order valence-electron chi connectivity index (χ3n) is 1.81. The van der Waals surface area contributed by atoms with Crippen LogP contribution in [0.2, 0.25) is 0 Å². The Balaban J connectivity index is 4.18. The summed E-state index contributed by atoms with van der Waals surface area (Å²) in [5, 5.41) is -1.81. The Kier molecular flexibility index (Phi) is 7.12. The highest BCUT2D eigenvalue weighted by atomic mass is 32.2. The lowest BCUT2D eigenvalue weighted by molar-refractivity contribution is -0.130. The van der Waals surface area contributed by atoms with Gasteiger partial charge in [-0.2, -0.15) is 13.2 Å². The summed E-state index contributed by atoms with van der Waals surface area (Å²) < 4.78 is 53.2. The first-order valence-corrected chi connectivity index (χ1v) is 5.94. The summed E-state index contributed by atoms with van der Waals surface area (Å²) in [5.41, 5.74) is 5.06. The minimum absolute atomic E-state index is 0.00197. The molecule has 0 amide bonds. The molecule has 0 rings (SSSR count). The number of alkyl halides is 3. The molecule has 0 fully saturated rings. The molecule has 0 aliphatic heterocycles. The van der Waals surface area contributed by atoms with Crippen LogP contribution in [0.1, 0.15) is 12.8 Å². The van der Waals surface area contributed by atoms with E-state index in [1.54, 1.807) is 0 Å². The summed E-state index contributed by atoms with van der Waals surface area (Å²) in [6, 6.07) is 0. The third kappa shape index (κ3) is 6.11. The molecular weight excluding hydrogens is 231 g/mol. The van der Waals surface area contributed by atoms with Gasteiger partial charge in [-0.05, 0) is 19.4 Å². The van der Waals surface area contributed by atoms with Gasteiger partial charge in [0.15, 0.2) is 0 Å². The average Bonchev–Trinajstić information content (AvgIpc) is 2.12. The molecule has 0 saturated carbocycles. The lowest BCUT2D eigenvalue weighted by Crippen LogP contribution is -2.36. The highest BCUT2D eigenvalue weighted by Crippen LogP contribution is 2.26. The van der Waals surface area contributed by atoms with Gasteiger partial charge in [0.2, 0.25) is 0 Å². The van der Waals surface area contributed by atoms with Crippen molar-refractivity contribution in [2.45, 2.75) is 24.3 Å². The second kappa shape index (κ2) is 7.19. The average molecular weight is 247 g/mol. The molecular formula is C8H16F3NO2S. The van der Waals surface area contributed by atoms with Crippen molar-refractivity contribution >= 4 is 10.8 Å². The molecule has 2 N–H and O–H groups in total. The van der Waals surface area contributed by atoms with E-state index in [9.17, 15) is 17.4 Å². The summed E-state index contributed by atoms with van der Waals surface area (Å²) >= 11 is 0. The quantitative estimate of drug-likeness (QED) is 0.684. The second-order valence-corrected chi connectivity index (χ2v) is 4.78. The Labute approximate surface area is 89.6 Å². The summed E-state index contributed by atoms with van der Waals surface area (Å²) in [5.74, 6) is -0.00197. The van der Waals surface area contributed by atoms with Crippen LogP contribution < -0.4 is 5.73 Å². The Morgan fingerprint density at radius 3 is 2.47 bits per heavy atom. The van der Waals surface area contributed by atoms with Crippen LogP contribution in [-0.4, -0.2) is 41.6 Å². The standard InChI is InChI=1S/C8H16F3NO2S/c1-14-5-2-6-15(13)7(3-4-12)8(9,10)11/h7H,2-6,12H2,1H3. The van der Waals surface area contributed by atoms with Gasteiger partial charge in [-0.3, -0.25) is 4.21 Å². The van der Waals surface area contributed by atoms with Gasteiger partial charge in [0.25, 0.3) is 0 Å². The molecule has 0 aliphatic rings. The van der Waals surface area contributed by atoms with Gasteiger partial charge >= 0.3 is 6.18 Å². The fourth-order valence-electron chi connectivity index (χ4n) is 1.08. The van der Waals surface area contributed by atoms with Crippen molar-refractivity contribution in [3.8, 4) is 0 Å². The van der Waals surface area contributed by atoms with Crippen LogP contribution in [-0.2, 0) is 15.5 Å². The van der Waals surface area contributed by atoms with Crippen molar-refractivity contribution in [3.05, 3.63) is 0 Å². The van der Waals surface area contributed by atoms with Crippen molar-refractivity contribution in [1.82, 2.24) is 0 Å². The van der Waals surface area contributed by atoms with Crippen LogP contribution in [0.3, 0.4) is 0 Å². The van der Waals surface area contributed by atoms with Gasteiger partial charge in [-0.25, -0.2) is 0 Å². The molecule has 0 aromatic heterocycles. The second-order valence-electron chi connectivity index (χ2n) is 3.04. The van der Waals surface area contributed by atoms with Crippen molar-refractivity contribution in [3.63, 3.8) is 0 Å². The van der Waals surface area contributed by atoms with E-state index in [4.69, 9.17) is 5.73 Å². The van der Waals surface area contributed by atoms with Crippen LogP contribution >= 0.6 is 0 Å². The van der Waals surface area contributed by atoms with E-state index < -0.39 is 22.2 Å². The van der Waals surface area contributed by atoms with E-state index in [0.717, 1.165) is 0 Å².